The Balaban J connectivity index is 3.54. The van der Waals surface area contributed by atoms with E-state index in [9.17, 15) is 15.0 Å². The minimum Gasteiger partial charge on any atom is -0.394 e. The summed E-state index contributed by atoms with van der Waals surface area (Å²) in [7, 11) is 0. The lowest BCUT2D eigenvalue weighted by Crippen LogP contribution is -2.45. The van der Waals surface area contributed by atoms with E-state index in [1.165, 1.54) is 83.5 Å². The van der Waals surface area contributed by atoms with Crippen molar-refractivity contribution in [2.45, 2.75) is 161 Å². The normalized spacial score (nSPS) is 13.8. The third-order valence-electron chi connectivity index (χ3n) is 7.06. The number of nitrogens with one attached hydrogen (secondary N) is 1. The summed E-state index contributed by atoms with van der Waals surface area (Å²) >= 11 is 0. The third-order valence-corrected chi connectivity index (χ3v) is 7.06. The monoisotopic (exact) mass is 545 g/mol. The first kappa shape index (κ1) is 37.4. The molecule has 0 spiro atoms. The number of hydrogen-bond acceptors (Lipinski definition) is 3. The molecule has 0 fully saturated rings. The van der Waals surface area contributed by atoms with Crippen LogP contribution in [0.15, 0.2) is 48.6 Å². The number of aliphatic hydroxyl groups excluding tert-OH is 2. The summed E-state index contributed by atoms with van der Waals surface area (Å²) in [6.45, 7) is 4.13. The average molecular weight is 546 g/mol. The van der Waals surface area contributed by atoms with Gasteiger partial charge in [0.25, 0.3) is 0 Å². The van der Waals surface area contributed by atoms with Crippen LogP contribution >= 0.6 is 0 Å². The Kier molecular flexibility index (Phi) is 29.6. The molecule has 0 aromatic rings. The van der Waals surface area contributed by atoms with E-state index in [4.69, 9.17) is 0 Å². The van der Waals surface area contributed by atoms with Crippen LogP contribution in [0.5, 0.6) is 0 Å². The smallest absolute Gasteiger partial charge is 0.220 e. The Morgan fingerprint density at radius 3 is 1.62 bits per heavy atom. The van der Waals surface area contributed by atoms with Crippen LogP contribution in [0.25, 0.3) is 0 Å². The number of carbonyl (C=O) groups is 1. The summed E-state index contributed by atoms with van der Waals surface area (Å²) < 4.78 is 0. The van der Waals surface area contributed by atoms with E-state index in [0.717, 1.165) is 44.9 Å². The van der Waals surface area contributed by atoms with Crippen molar-refractivity contribution in [3.8, 4) is 0 Å². The van der Waals surface area contributed by atoms with Gasteiger partial charge in [0.15, 0.2) is 0 Å². The predicted octanol–water partition coefficient (Wildman–Crippen LogP) is 9.28. The molecule has 0 bridgehead atoms. The van der Waals surface area contributed by atoms with E-state index in [0.29, 0.717) is 6.42 Å². The van der Waals surface area contributed by atoms with Gasteiger partial charge in [-0.2, -0.15) is 0 Å². The van der Waals surface area contributed by atoms with Crippen molar-refractivity contribution in [3.63, 3.8) is 0 Å². The molecule has 0 aliphatic rings. The van der Waals surface area contributed by atoms with E-state index >= 15 is 0 Å². The molecular weight excluding hydrogens is 482 g/mol. The first-order valence-corrected chi connectivity index (χ1v) is 16.4. The van der Waals surface area contributed by atoms with Crippen LogP contribution in [0.1, 0.15) is 149 Å². The molecule has 2 atom stereocenters. The molecular formula is C35H63NO3. The quantitative estimate of drug-likeness (QED) is 0.0677. The van der Waals surface area contributed by atoms with Crippen molar-refractivity contribution < 1.29 is 15.0 Å². The molecule has 0 saturated carbocycles. The average Bonchev–Trinajstić information content (AvgIpc) is 2.94. The highest BCUT2D eigenvalue weighted by atomic mass is 16.3. The zero-order valence-corrected chi connectivity index (χ0v) is 25.6. The van der Waals surface area contributed by atoms with Crippen molar-refractivity contribution in [2.75, 3.05) is 6.61 Å². The largest absolute Gasteiger partial charge is 0.394 e. The lowest BCUT2D eigenvalue weighted by atomic mass is 10.1. The summed E-state index contributed by atoms with van der Waals surface area (Å²) in [4.78, 5) is 12.1. The molecule has 0 aliphatic heterocycles. The van der Waals surface area contributed by atoms with E-state index in [1.807, 2.05) is 6.08 Å². The minimum atomic E-state index is -0.838. The van der Waals surface area contributed by atoms with Crippen LogP contribution in [0.3, 0.4) is 0 Å². The van der Waals surface area contributed by atoms with Crippen LogP contribution in [0, 0.1) is 0 Å². The van der Waals surface area contributed by atoms with Gasteiger partial charge in [0.05, 0.1) is 18.8 Å². The first-order valence-electron chi connectivity index (χ1n) is 16.4. The van der Waals surface area contributed by atoms with Gasteiger partial charge in [0, 0.05) is 6.42 Å². The lowest BCUT2D eigenvalue weighted by molar-refractivity contribution is -0.123. The highest BCUT2D eigenvalue weighted by Crippen LogP contribution is 2.11. The van der Waals surface area contributed by atoms with Gasteiger partial charge in [-0.3, -0.25) is 4.79 Å². The number of carbonyl (C=O) groups excluding carboxylic acids is 1. The molecule has 0 aromatic carbocycles. The number of hydrogen-bond donors (Lipinski definition) is 3. The second kappa shape index (κ2) is 30.9. The van der Waals surface area contributed by atoms with Crippen molar-refractivity contribution in [3.05, 3.63) is 48.6 Å². The van der Waals surface area contributed by atoms with Gasteiger partial charge in [-0.1, -0.05) is 140 Å². The molecule has 1 amide bonds. The molecule has 0 rings (SSSR count). The first-order chi connectivity index (χ1) is 19.2. The molecule has 0 aliphatic carbocycles. The van der Waals surface area contributed by atoms with Gasteiger partial charge in [-0.05, 0) is 51.4 Å². The van der Waals surface area contributed by atoms with Crippen molar-refractivity contribution in [1.82, 2.24) is 5.32 Å². The summed E-state index contributed by atoms with van der Waals surface area (Å²) in [5.74, 6) is -0.0843. The van der Waals surface area contributed by atoms with Crippen LogP contribution in [0.4, 0.5) is 0 Å². The molecule has 0 aromatic heterocycles. The van der Waals surface area contributed by atoms with E-state index in [-0.39, 0.29) is 12.5 Å². The highest BCUT2D eigenvalue weighted by Gasteiger charge is 2.17. The maximum absolute atomic E-state index is 12.1. The van der Waals surface area contributed by atoms with Crippen LogP contribution in [0.2, 0.25) is 0 Å². The van der Waals surface area contributed by atoms with E-state index in [2.05, 4.69) is 55.6 Å². The van der Waals surface area contributed by atoms with Crippen molar-refractivity contribution in [2.24, 2.45) is 0 Å². The number of allylic oxidation sites excluding steroid dienone is 7. The Labute approximate surface area is 242 Å². The zero-order chi connectivity index (χ0) is 28.7. The van der Waals surface area contributed by atoms with Gasteiger partial charge in [-0.25, -0.2) is 0 Å². The van der Waals surface area contributed by atoms with Crippen LogP contribution < -0.4 is 5.32 Å². The second-order valence-corrected chi connectivity index (χ2v) is 10.9. The number of rotatable bonds is 28. The van der Waals surface area contributed by atoms with E-state index in [1.54, 1.807) is 6.08 Å². The SMILES string of the molecule is CCCC/C=C/C(O)C(CO)NC(=O)CCCCCCCCCC/C=C\C/C=C\C/C=C\CCCCCCC. The summed E-state index contributed by atoms with van der Waals surface area (Å²) in [6.07, 6.45) is 40.9. The fourth-order valence-corrected chi connectivity index (χ4v) is 4.46. The number of unbranched alkanes of at least 4 members (excludes halogenated alkanes) is 15. The van der Waals surface area contributed by atoms with Crippen molar-refractivity contribution in [1.29, 1.82) is 0 Å². The lowest BCUT2D eigenvalue weighted by Gasteiger charge is -2.19. The Bertz CT molecular complexity index is 638. The maximum atomic E-state index is 12.1. The topological polar surface area (TPSA) is 69.6 Å². The molecule has 226 valence electrons. The molecule has 4 nitrogen and oxygen atoms in total. The number of amides is 1. The Morgan fingerprint density at radius 2 is 1.08 bits per heavy atom. The fourth-order valence-electron chi connectivity index (χ4n) is 4.46. The molecule has 0 heterocycles. The maximum Gasteiger partial charge on any atom is 0.220 e. The second-order valence-electron chi connectivity index (χ2n) is 10.9. The van der Waals surface area contributed by atoms with Gasteiger partial charge in [0.2, 0.25) is 5.91 Å². The van der Waals surface area contributed by atoms with Crippen LogP contribution in [-0.2, 0) is 4.79 Å². The van der Waals surface area contributed by atoms with Gasteiger partial charge < -0.3 is 15.5 Å². The molecule has 3 N–H and O–H groups in total. The Morgan fingerprint density at radius 1 is 0.615 bits per heavy atom. The summed E-state index contributed by atoms with van der Waals surface area (Å²) in [5, 5.41) is 22.4. The molecule has 0 radical (unpaired) electrons. The fraction of sp³-hybridized carbons (Fsp3) is 0.743. The molecule has 39 heavy (non-hydrogen) atoms. The molecule has 2 unspecified atom stereocenters. The molecule has 4 heteroatoms. The summed E-state index contributed by atoms with van der Waals surface area (Å²) in [6, 6.07) is -0.622. The Hall–Kier alpha value is -1.65. The van der Waals surface area contributed by atoms with Gasteiger partial charge in [0.1, 0.15) is 0 Å². The highest BCUT2D eigenvalue weighted by molar-refractivity contribution is 5.76. The van der Waals surface area contributed by atoms with Crippen LogP contribution in [-0.4, -0.2) is 34.9 Å². The predicted molar refractivity (Wildman–Crippen MR) is 170 cm³/mol. The number of aliphatic hydroxyl groups is 2. The molecule has 0 saturated heterocycles. The van der Waals surface area contributed by atoms with Gasteiger partial charge >= 0.3 is 0 Å². The minimum absolute atomic E-state index is 0.0843. The zero-order valence-electron chi connectivity index (χ0n) is 25.6. The third kappa shape index (κ3) is 27.7. The van der Waals surface area contributed by atoms with Crippen molar-refractivity contribution >= 4 is 5.91 Å². The summed E-state index contributed by atoms with van der Waals surface area (Å²) in [5.41, 5.74) is 0. The van der Waals surface area contributed by atoms with Gasteiger partial charge in [-0.15, -0.1) is 0 Å². The standard InChI is InChI=1S/C35H63NO3/c1-3-5-7-9-10-11-12-13-14-15-16-17-18-19-20-21-22-23-24-25-26-27-29-31-35(39)36-33(32-37)34(38)30-28-8-6-4-2/h12-13,15-16,18-19,28,30,33-34,37-38H,3-11,14,17,20-27,29,31-32H2,1-2H3,(H,36,39)/b13-12-,16-15-,19-18-,30-28+. The van der Waals surface area contributed by atoms with E-state index < -0.39 is 12.1 Å².